The number of hydrogen-bond donors (Lipinski definition) is 2. The maximum absolute atomic E-state index is 10.9. The number of unbranched alkanes of at least 4 members (excludes halogenated alkanes) is 1. The number of nitrogens with one attached hydrogen (secondary N) is 2. The first-order chi connectivity index (χ1) is 8.24. The van der Waals surface area contributed by atoms with Crippen LogP contribution in [0.1, 0.15) is 26.2 Å². The van der Waals surface area contributed by atoms with Gasteiger partial charge in [-0.25, -0.2) is 0 Å². The number of methoxy groups -OCH3 is 1. The molecule has 2 N–H and O–H groups in total. The van der Waals surface area contributed by atoms with E-state index in [-0.39, 0.29) is 29.9 Å². The van der Waals surface area contributed by atoms with Crippen molar-refractivity contribution in [2.45, 2.75) is 26.2 Å². The highest BCUT2D eigenvalue weighted by Gasteiger charge is 1.99. The van der Waals surface area contributed by atoms with E-state index in [1.807, 2.05) is 6.92 Å². The van der Waals surface area contributed by atoms with Crippen LogP contribution < -0.4 is 10.6 Å². The SMILES string of the molecule is C=CCNC(=NCCCCC(=O)OC)NCC.I. The Morgan fingerprint density at radius 1 is 1.39 bits per heavy atom. The Hall–Kier alpha value is -0.790. The first-order valence-corrected chi connectivity index (χ1v) is 5.94. The Bertz CT molecular complexity index is 258. The molecular formula is C12H24IN3O2. The summed E-state index contributed by atoms with van der Waals surface area (Å²) in [6.07, 6.45) is 3.92. The third kappa shape index (κ3) is 11.7. The van der Waals surface area contributed by atoms with E-state index in [9.17, 15) is 4.79 Å². The third-order valence-electron chi connectivity index (χ3n) is 2.04. The van der Waals surface area contributed by atoms with E-state index in [1.165, 1.54) is 7.11 Å². The van der Waals surface area contributed by atoms with Gasteiger partial charge in [-0.1, -0.05) is 6.08 Å². The fourth-order valence-corrected chi connectivity index (χ4v) is 1.18. The molecule has 0 atom stereocenters. The van der Waals surface area contributed by atoms with Crippen molar-refractivity contribution in [3.8, 4) is 0 Å². The van der Waals surface area contributed by atoms with Crippen molar-refractivity contribution in [1.29, 1.82) is 0 Å². The molecule has 0 aromatic carbocycles. The first-order valence-electron chi connectivity index (χ1n) is 5.94. The van der Waals surface area contributed by atoms with Gasteiger partial charge < -0.3 is 15.4 Å². The van der Waals surface area contributed by atoms with E-state index < -0.39 is 0 Å². The van der Waals surface area contributed by atoms with Crippen molar-refractivity contribution in [2.24, 2.45) is 4.99 Å². The summed E-state index contributed by atoms with van der Waals surface area (Å²) in [4.78, 5) is 15.2. The largest absolute Gasteiger partial charge is 0.469 e. The van der Waals surface area contributed by atoms with Crippen molar-refractivity contribution in [3.63, 3.8) is 0 Å². The number of carbonyl (C=O) groups is 1. The molecule has 0 saturated carbocycles. The van der Waals surface area contributed by atoms with Crippen molar-refractivity contribution >= 4 is 35.9 Å². The zero-order chi connectivity index (χ0) is 12.9. The molecule has 0 aromatic rings. The lowest BCUT2D eigenvalue weighted by Crippen LogP contribution is -2.37. The van der Waals surface area contributed by atoms with Crippen LogP contribution in [0.4, 0.5) is 0 Å². The quantitative estimate of drug-likeness (QED) is 0.171. The normalized spacial score (nSPS) is 10.2. The molecule has 0 amide bonds. The minimum Gasteiger partial charge on any atom is -0.469 e. The number of esters is 1. The van der Waals surface area contributed by atoms with Crippen molar-refractivity contribution in [2.75, 3.05) is 26.7 Å². The first kappa shape index (κ1) is 19.5. The van der Waals surface area contributed by atoms with Crippen LogP contribution in [-0.4, -0.2) is 38.7 Å². The molecule has 0 bridgehead atoms. The Kier molecular flexibility index (Phi) is 15.5. The minimum absolute atomic E-state index is 0. The van der Waals surface area contributed by atoms with Gasteiger partial charge in [0.25, 0.3) is 0 Å². The van der Waals surface area contributed by atoms with Crippen LogP contribution in [0, 0.1) is 0 Å². The summed E-state index contributed by atoms with van der Waals surface area (Å²) in [5.41, 5.74) is 0. The van der Waals surface area contributed by atoms with E-state index in [0.29, 0.717) is 19.5 Å². The predicted octanol–water partition coefficient (Wildman–Crippen LogP) is 1.69. The number of hydrogen-bond acceptors (Lipinski definition) is 3. The monoisotopic (exact) mass is 369 g/mol. The number of rotatable bonds is 8. The smallest absolute Gasteiger partial charge is 0.305 e. The minimum atomic E-state index is -0.161. The number of halogens is 1. The van der Waals surface area contributed by atoms with Crippen LogP contribution in [0.2, 0.25) is 0 Å². The maximum Gasteiger partial charge on any atom is 0.305 e. The molecule has 0 aliphatic heterocycles. The number of carbonyl (C=O) groups excluding carboxylic acids is 1. The van der Waals surface area contributed by atoms with Crippen LogP contribution in [0.25, 0.3) is 0 Å². The molecule has 0 rings (SSSR count). The van der Waals surface area contributed by atoms with Crippen LogP contribution in [0.3, 0.4) is 0 Å². The predicted molar refractivity (Wildman–Crippen MR) is 85.5 cm³/mol. The second-order valence-corrected chi connectivity index (χ2v) is 3.46. The van der Waals surface area contributed by atoms with Crippen molar-refractivity contribution in [3.05, 3.63) is 12.7 Å². The lowest BCUT2D eigenvalue weighted by Gasteiger charge is -2.09. The summed E-state index contributed by atoms with van der Waals surface area (Å²) in [5, 5.41) is 6.24. The Morgan fingerprint density at radius 2 is 2.11 bits per heavy atom. The second-order valence-electron chi connectivity index (χ2n) is 3.46. The van der Waals surface area contributed by atoms with Gasteiger partial charge >= 0.3 is 5.97 Å². The number of ether oxygens (including phenoxy) is 1. The highest BCUT2D eigenvalue weighted by molar-refractivity contribution is 14.0. The summed E-state index contributed by atoms with van der Waals surface area (Å²) >= 11 is 0. The van der Waals surface area contributed by atoms with E-state index in [1.54, 1.807) is 6.08 Å². The van der Waals surface area contributed by atoms with E-state index in [0.717, 1.165) is 25.3 Å². The van der Waals surface area contributed by atoms with E-state index >= 15 is 0 Å². The van der Waals surface area contributed by atoms with Crippen LogP contribution >= 0.6 is 24.0 Å². The summed E-state index contributed by atoms with van der Waals surface area (Å²) in [6, 6.07) is 0. The molecule has 5 nitrogen and oxygen atoms in total. The molecule has 0 aromatic heterocycles. The maximum atomic E-state index is 10.9. The summed E-state index contributed by atoms with van der Waals surface area (Å²) in [7, 11) is 1.41. The van der Waals surface area contributed by atoms with Gasteiger partial charge in [-0.15, -0.1) is 30.6 Å². The molecule has 106 valence electrons. The lowest BCUT2D eigenvalue weighted by molar-refractivity contribution is -0.140. The Morgan fingerprint density at radius 3 is 2.67 bits per heavy atom. The fraction of sp³-hybridized carbons (Fsp3) is 0.667. The molecule has 0 unspecified atom stereocenters. The van der Waals surface area contributed by atoms with Crippen LogP contribution in [0.5, 0.6) is 0 Å². The number of guanidine groups is 1. The molecule has 0 saturated heterocycles. The lowest BCUT2D eigenvalue weighted by atomic mass is 10.2. The standard InChI is InChI=1S/C12H23N3O2.HI/c1-4-9-14-12(13-5-2)15-10-7-6-8-11(16)17-3;/h4H,1,5-10H2,2-3H3,(H2,13,14,15);1H. The van der Waals surface area contributed by atoms with Gasteiger partial charge in [0.2, 0.25) is 0 Å². The number of nitrogens with zero attached hydrogens (tertiary/aromatic N) is 1. The summed E-state index contributed by atoms with van der Waals surface area (Å²) in [5.74, 6) is 0.621. The summed E-state index contributed by atoms with van der Waals surface area (Å²) < 4.78 is 4.56. The molecule has 0 aliphatic carbocycles. The molecule has 0 radical (unpaired) electrons. The van der Waals surface area contributed by atoms with Gasteiger partial charge in [0.1, 0.15) is 0 Å². The molecular weight excluding hydrogens is 345 g/mol. The molecule has 0 fully saturated rings. The highest BCUT2D eigenvalue weighted by atomic mass is 127. The van der Waals surface area contributed by atoms with Gasteiger partial charge in [-0.05, 0) is 19.8 Å². The zero-order valence-corrected chi connectivity index (χ0v) is 13.5. The van der Waals surface area contributed by atoms with Crippen LogP contribution in [-0.2, 0) is 9.53 Å². The third-order valence-corrected chi connectivity index (χ3v) is 2.04. The van der Waals surface area contributed by atoms with Crippen LogP contribution in [0.15, 0.2) is 17.6 Å². The second kappa shape index (κ2) is 14.3. The Balaban J connectivity index is 0. The van der Waals surface area contributed by atoms with Gasteiger partial charge in [-0.2, -0.15) is 0 Å². The Labute approximate surface area is 126 Å². The average Bonchev–Trinajstić information content (AvgIpc) is 2.34. The van der Waals surface area contributed by atoms with Gasteiger partial charge in [0.15, 0.2) is 5.96 Å². The molecule has 0 aliphatic rings. The molecule has 0 spiro atoms. The van der Waals surface area contributed by atoms with Gasteiger partial charge in [-0.3, -0.25) is 9.79 Å². The van der Waals surface area contributed by atoms with E-state index in [2.05, 4.69) is 26.9 Å². The average molecular weight is 369 g/mol. The van der Waals surface area contributed by atoms with Crippen molar-refractivity contribution in [1.82, 2.24) is 10.6 Å². The molecule has 18 heavy (non-hydrogen) atoms. The molecule has 0 heterocycles. The summed E-state index contributed by atoms with van der Waals surface area (Å²) in [6.45, 7) is 7.86. The van der Waals surface area contributed by atoms with Gasteiger partial charge in [0, 0.05) is 26.1 Å². The topological polar surface area (TPSA) is 62.7 Å². The zero-order valence-electron chi connectivity index (χ0n) is 11.2. The number of aliphatic imine (C=N–C) groups is 1. The van der Waals surface area contributed by atoms with Crippen molar-refractivity contribution < 1.29 is 9.53 Å². The highest BCUT2D eigenvalue weighted by Crippen LogP contribution is 1.97. The fourth-order valence-electron chi connectivity index (χ4n) is 1.18. The van der Waals surface area contributed by atoms with E-state index in [4.69, 9.17) is 0 Å². The molecule has 6 heteroatoms. The van der Waals surface area contributed by atoms with Gasteiger partial charge in [0.05, 0.1) is 7.11 Å².